The molecule has 0 aromatic heterocycles. The molecule has 2 aromatic rings. The Hall–Kier alpha value is -2.42. The van der Waals surface area contributed by atoms with Gasteiger partial charge >= 0.3 is 5.97 Å². The van der Waals surface area contributed by atoms with Crippen LogP contribution in [0.25, 0.3) is 0 Å². The normalized spacial score (nSPS) is 15.3. The Morgan fingerprint density at radius 1 is 0.976 bits per heavy atom. The Kier molecular flexibility index (Phi) is 13.8. The van der Waals surface area contributed by atoms with Crippen molar-refractivity contribution in [2.45, 2.75) is 98.9 Å². The lowest BCUT2D eigenvalue weighted by molar-refractivity contribution is -0.145. The van der Waals surface area contributed by atoms with Gasteiger partial charge in [0, 0.05) is 6.61 Å². The number of ether oxygens (including phenoxy) is 3. The van der Waals surface area contributed by atoms with E-state index < -0.39 is 31.8 Å². The van der Waals surface area contributed by atoms with Crippen molar-refractivity contribution in [3.05, 3.63) is 58.1 Å². The van der Waals surface area contributed by atoms with Crippen LogP contribution in [-0.4, -0.2) is 54.1 Å². The molecule has 0 spiro atoms. The van der Waals surface area contributed by atoms with Gasteiger partial charge in [-0.3, -0.25) is 9.36 Å². The number of hydrogen-bond acceptors (Lipinski definition) is 7. The van der Waals surface area contributed by atoms with Crippen molar-refractivity contribution in [3.63, 3.8) is 0 Å². The maximum atomic E-state index is 14.0. The van der Waals surface area contributed by atoms with Crippen LogP contribution in [0.1, 0.15) is 88.1 Å². The SMILES string of the molecule is CCCOC(=O)[C@H](C)NP(=O)(COc1cc(C)c(Cc2ccc(O)c(C(C)C)c2)c(C)c1)N[C@@H](C)C(O)OCCC. The molecule has 2 unspecified atom stereocenters. The average Bonchev–Trinajstić information content (AvgIpc) is 2.91. The number of aryl methyl sites for hydroxylation is 2. The fourth-order valence-corrected chi connectivity index (χ4v) is 6.51. The predicted octanol–water partition coefficient (Wildman–Crippen LogP) is 5.91. The molecule has 0 bridgehead atoms. The monoisotopic (exact) mass is 592 g/mol. The number of hydrogen-bond donors (Lipinski definition) is 4. The molecule has 0 saturated heterocycles. The third kappa shape index (κ3) is 10.7. The van der Waals surface area contributed by atoms with Gasteiger partial charge in [0.15, 0.2) is 12.6 Å². The number of rotatable bonds is 17. The van der Waals surface area contributed by atoms with Crippen molar-refractivity contribution in [1.29, 1.82) is 0 Å². The highest BCUT2D eigenvalue weighted by Crippen LogP contribution is 2.39. The van der Waals surface area contributed by atoms with Gasteiger partial charge in [-0.15, -0.1) is 0 Å². The molecular formula is C31H49N2O7P. The second-order valence-electron chi connectivity index (χ2n) is 11.0. The standard InChI is InChI=1S/C31H49N2O7P/c1-9-13-38-30(35)23(7)32-41(37,33-24(8)31(36)39-14-10-2)19-40-26-15-21(5)28(22(6)16-26)18-25-11-12-29(34)27(17-25)20(3)4/h11-12,15-17,20,23-24,30,34-35H,9-10,13-14,18-19H2,1-8H3,(H2,32,33,37)/t23-,24-,30?,41?/m0/s1. The molecule has 10 heteroatoms. The minimum atomic E-state index is -3.57. The smallest absolute Gasteiger partial charge is 0.323 e. The summed E-state index contributed by atoms with van der Waals surface area (Å²) in [6, 6.07) is 7.96. The number of aliphatic hydroxyl groups excluding tert-OH is 1. The zero-order valence-corrected chi connectivity index (χ0v) is 26.7. The van der Waals surface area contributed by atoms with Gasteiger partial charge in [0.05, 0.1) is 12.6 Å². The third-order valence-corrected chi connectivity index (χ3v) is 8.84. The van der Waals surface area contributed by atoms with E-state index in [0.29, 0.717) is 30.9 Å². The molecule has 0 aliphatic heterocycles. The Labute approximate surface area is 245 Å². The second kappa shape index (κ2) is 16.3. The van der Waals surface area contributed by atoms with Gasteiger partial charge in [0.1, 0.15) is 17.5 Å². The van der Waals surface area contributed by atoms with Crippen molar-refractivity contribution in [2.75, 3.05) is 19.6 Å². The Balaban J connectivity index is 2.23. The number of aliphatic hydroxyl groups is 1. The Bertz CT molecular complexity index is 1160. The summed E-state index contributed by atoms with van der Waals surface area (Å²) in [4.78, 5) is 12.4. The van der Waals surface area contributed by atoms with Crippen LogP contribution < -0.4 is 14.9 Å². The van der Waals surface area contributed by atoms with Crippen LogP contribution >= 0.6 is 7.44 Å². The lowest BCUT2D eigenvalue weighted by Crippen LogP contribution is -2.44. The van der Waals surface area contributed by atoms with E-state index in [1.54, 1.807) is 19.9 Å². The summed E-state index contributed by atoms with van der Waals surface area (Å²) in [6.45, 7) is 15.8. The largest absolute Gasteiger partial charge is 0.508 e. The minimum Gasteiger partial charge on any atom is -0.508 e. The number of aromatic hydroxyl groups is 1. The van der Waals surface area contributed by atoms with E-state index in [1.807, 2.05) is 52.0 Å². The number of phenolic OH excluding ortho intramolecular Hbond substituents is 1. The summed E-state index contributed by atoms with van der Waals surface area (Å²) in [7, 11) is -3.57. The highest BCUT2D eigenvalue weighted by Gasteiger charge is 2.32. The lowest BCUT2D eigenvalue weighted by atomic mass is 9.93. The molecule has 0 aliphatic carbocycles. The molecule has 2 rings (SSSR count). The summed E-state index contributed by atoms with van der Waals surface area (Å²) >= 11 is 0. The van der Waals surface area contributed by atoms with Crippen molar-refractivity contribution in [3.8, 4) is 11.5 Å². The zero-order chi connectivity index (χ0) is 30.7. The quantitative estimate of drug-likeness (QED) is 0.101. The molecule has 9 nitrogen and oxygen atoms in total. The third-order valence-electron chi connectivity index (χ3n) is 6.71. The van der Waals surface area contributed by atoms with Crippen LogP contribution in [0.15, 0.2) is 30.3 Å². The van der Waals surface area contributed by atoms with Crippen molar-refractivity contribution >= 4 is 13.4 Å². The summed E-state index contributed by atoms with van der Waals surface area (Å²) in [5.74, 6) is 0.538. The van der Waals surface area contributed by atoms with E-state index in [9.17, 15) is 19.6 Å². The topological polar surface area (TPSA) is 126 Å². The van der Waals surface area contributed by atoms with E-state index in [4.69, 9.17) is 14.2 Å². The van der Waals surface area contributed by atoms with Crippen LogP contribution in [0.2, 0.25) is 0 Å². The van der Waals surface area contributed by atoms with Crippen molar-refractivity contribution in [1.82, 2.24) is 10.2 Å². The van der Waals surface area contributed by atoms with Gasteiger partial charge in [0.25, 0.3) is 0 Å². The number of esters is 1. The van der Waals surface area contributed by atoms with E-state index in [-0.39, 0.29) is 18.9 Å². The van der Waals surface area contributed by atoms with Crippen molar-refractivity contribution in [2.24, 2.45) is 0 Å². The first-order valence-electron chi connectivity index (χ1n) is 14.5. The molecule has 0 fully saturated rings. The average molecular weight is 593 g/mol. The molecule has 0 heterocycles. The van der Waals surface area contributed by atoms with Crippen LogP contribution in [0.5, 0.6) is 11.5 Å². The molecule has 4 N–H and O–H groups in total. The number of benzene rings is 2. The first-order valence-corrected chi connectivity index (χ1v) is 16.3. The molecule has 41 heavy (non-hydrogen) atoms. The number of phenols is 1. The summed E-state index contributed by atoms with van der Waals surface area (Å²) in [6.07, 6.45) is 0.646. The van der Waals surface area contributed by atoms with Gasteiger partial charge in [-0.05, 0) is 98.9 Å². The van der Waals surface area contributed by atoms with Gasteiger partial charge in [-0.2, -0.15) is 0 Å². The number of carbonyl (C=O) groups excluding carboxylic acids is 1. The first-order chi connectivity index (χ1) is 19.3. The van der Waals surface area contributed by atoms with E-state index in [0.717, 1.165) is 34.2 Å². The molecule has 0 radical (unpaired) electrons. The maximum Gasteiger partial charge on any atom is 0.323 e. The molecule has 230 valence electrons. The summed E-state index contributed by atoms with van der Waals surface area (Å²) < 4.78 is 30.6. The Morgan fingerprint density at radius 2 is 1.61 bits per heavy atom. The molecule has 0 saturated carbocycles. The van der Waals surface area contributed by atoms with Crippen LogP contribution in [-0.2, 0) is 25.3 Å². The van der Waals surface area contributed by atoms with Crippen LogP contribution in [0.3, 0.4) is 0 Å². The molecule has 2 aromatic carbocycles. The lowest BCUT2D eigenvalue weighted by Gasteiger charge is -2.29. The fourth-order valence-electron chi connectivity index (χ4n) is 4.44. The highest BCUT2D eigenvalue weighted by molar-refractivity contribution is 7.59. The Morgan fingerprint density at radius 3 is 2.20 bits per heavy atom. The fraction of sp³-hybridized carbons (Fsp3) is 0.581. The van der Waals surface area contributed by atoms with Gasteiger partial charge in [-0.1, -0.05) is 39.8 Å². The number of carbonyl (C=O) groups is 1. The summed E-state index contributed by atoms with van der Waals surface area (Å²) in [5, 5.41) is 26.3. The molecule has 4 atom stereocenters. The first kappa shape index (κ1) is 34.8. The molecular weight excluding hydrogens is 543 g/mol. The maximum absolute atomic E-state index is 14.0. The van der Waals surface area contributed by atoms with E-state index in [2.05, 4.69) is 24.0 Å². The minimum absolute atomic E-state index is 0.212. The van der Waals surface area contributed by atoms with Gasteiger partial charge < -0.3 is 24.4 Å². The highest BCUT2D eigenvalue weighted by atomic mass is 31.2. The molecule has 0 amide bonds. The van der Waals surface area contributed by atoms with Gasteiger partial charge in [0.2, 0.25) is 7.44 Å². The molecule has 0 aliphatic rings. The van der Waals surface area contributed by atoms with Crippen molar-refractivity contribution < 1.29 is 33.8 Å². The second-order valence-corrected chi connectivity index (χ2v) is 13.2. The van der Waals surface area contributed by atoms with Crippen LogP contribution in [0, 0.1) is 13.8 Å². The van der Waals surface area contributed by atoms with E-state index in [1.165, 1.54) is 0 Å². The summed E-state index contributed by atoms with van der Waals surface area (Å²) in [5.41, 5.74) is 5.20. The van der Waals surface area contributed by atoms with E-state index >= 15 is 0 Å². The zero-order valence-electron chi connectivity index (χ0n) is 25.8. The van der Waals surface area contributed by atoms with Crippen LogP contribution in [0.4, 0.5) is 0 Å². The van der Waals surface area contributed by atoms with Gasteiger partial charge in [-0.25, -0.2) is 10.2 Å². The number of nitrogens with one attached hydrogen (secondary N) is 2. The predicted molar refractivity (Wildman–Crippen MR) is 163 cm³/mol.